The molecular weight excluding hydrogens is 543 g/mol. The van der Waals surface area contributed by atoms with Crippen molar-refractivity contribution in [2.45, 2.75) is 38.3 Å². The molecule has 1 atom stereocenters. The third kappa shape index (κ3) is 3.62. The molecule has 0 bridgehead atoms. The molecule has 0 saturated carbocycles. The zero-order valence-electron chi connectivity index (χ0n) is 15.8. The van der Waals surface area contributed by atoms with Gasteiger partial charge in [-0.1, -0.05) is 37.6 Å². The highest BCUT2D eigenvalue weighted by Gasteiger charge is 2.39. The van der Waals surface area contributed by atoms with Gasteiger partial charge in [0.1, 0.15) is 23.7 Å². The number of hydrogen-bond donors (Lipinski definition) is 0. The van der Waals surface area contributed by atoms with E-state index < -0.39 is 5.54 Å². The van der Waals surface area contributed by atoms with Gasteiger partial charge in [0.15, 0.2) is 5.65 Å². The molecule has 3 aromatic rings. The van der Waals surface area contributed by atoms with Crippen LogP contribution in [0.25, 0.3) is 11.2 Å². The van der Waals surface area contributed by atoms with E-state index in [4.69, 9.17) is 4.98 Å². The summed E-state index contributed by atoms with van der Waals surface area (Å²) in [5, 5.41) is 9.82. The fourth-order valence-corrected chi connectivity index (χ4v) is 4.53. The zero-order valence-corrected chi connectivity index (χ0v) is 19.6. The summed E-state index contributed by atoms with van der Waals surface area (Å²) >= 11 is 5.66. The second-order valence-electron chi connectivity index (χ2n) is 6.89. The summed E-state index contributed by atoms with van der Waals surface area (Å²) in [7, 11) is 0. The normalized spacial score (nSPS) is 18.6. The van der Waals surface area contributed by atoms with Crippen LogP contribution in [-0.4, -0.2) is 25.7 Å². The van der Waals surface area contributed by atoms with Gasteiger partial charge in [-0.15, -0.1) is 0 Å². The van der Waals surface area contributed by atoms with E-state index in [-0.39, 0.29) is 0 Å². The number of fused-ring (bicyclic) bond motifs is 1. The van der Waals surface area contributed by atoms with Crippen molar-refractivity contribution in [1.82, 2.24) is 19.5 Å². The number of hydrogen-bond acceptors (Lipinski definition) is 5. The smallest absolute Gasteiger partial charge is 0.203 e. The Balaban J connectivity index is 1.67. The average molecular weight is 561 g/mol. The predicted octanol–water partition coefficient (Wildman–Crippen LogP) is 5.06. The van der Waals surface area contributed by atoms with Crippen LogP contribution in [0.3, 0.4) is 0 Å². The van der Waals surface area contributed by atoms with Crippen LogP contribution >= 0.6 is 38.5 Å². The maximum absolute atomic E-state index is 9.82. The molecule has 0 radical (unpaired) electrons. The van der Waals surface area contributed by atoms with Crippen LogP contribution in [0.15, 0.2) is 49.8 Å². The minimum atomic E-state index is -0.959. The molecule has 0 aliphatic carbocycles. The quantitative estimate of drug-likeness (QED) is 0.395. The van der Waals surface area contributed by atoms with E-state index in [0.29, 0.717) is 6.54 Å². The second-order valence-corrected chi connectivity index (χ2v) is 8.82. The molecule has 8 heteroatoms. The van der Waals surface area contributed by atoms with Gasteiger partial charge in [-0.25, -0.2) is 15.0 Å². The minimum absolute atomic E-state index is 0.673. The van der Waals surface area contributed by atoms with Crippen molar-refractivity contribution >= 4 is 55.9 Å². The highest BCUT2D eigenvalue weighted by Crippen LogP contribution is 2.44. The number of aliphatic imine (C=N–C) groups is 1. The van der Waals surface area contributed by atoms with Crippen LogP contribution in [-0.2, 0) is 18.5 Å². The van der Waals surface area contributed by atoms with Crippen LogP contribution in [0.4, 0.5) is 0 Å². The van der Waals surface area contributed by atoms with Gasteiger partial charge in [-0.2, -0.15) is 5.26 Å². The molecule has 6 nitrogen and oxygen atoms in total. The number of nitrogens with zero attached hydrogens (tertiary/aromatic N) is 6. The summed E-state index contributed by atoms with van der Waals surface area (Å²) in [4.78, 5) is 17.7. The molecule has 0 saturated heterocycles. The van der Waals surface area contributed by atoms with E-state index >= 15 is 0 Å². The molecule has 1 aliphatic rings. The lowest BCUT2D eigenvalue weighted by Crippen LogP contribution is -2.19. The first kappa shape index (κ1) is 20.2. The van der Waals surface area contributed by atoms with Gasteiger partial charge in [0.05, 0.1) is 16.3 Å². The molecule has 29 heavy (non-hydrogen) atoms. The summed E-state index contributed by atoms with van der Waals surface area (Å²) in [6, 6.07) is 10.4. The molecule has 146 valence electrons. The number of rotatable bonds is 6. The standard InChI is InChI=1S/C21H18BrIN6/c1-2-3-4-18-28-17-10-25-13-26-20(17)29(18)11-14-5-7-15(8-6-14)21(12-24)19(23)16(22)9-27-21/h5-10,13H,2-4,11H2,1H3. The number of nitriles is 1. The van der Waals surface area contributed by atoms with Crippen molar-refractivity contribution in [3.8, 4) is 6.07 Å². The molecule has 0 amide bonds. The highest BCUT2D eigenvalue weighted by atomic mass is 127. The zero-order chi connectivity index (χ0) is 20.4. The molecule has 2 aromatic heterocycles. The lowest BCUT2D eigenvalue weighted by molar-refractivity contribution is 0.685. The first-order valence-corrected chi connectivity index (χ1v) is 11.2. The first-order chi connectivity index (χ1) is 14.1. The molecule has 3 heterocycles. The predicted molar refractivity (Wildman–Crippen MR) is 125 cm³/mol. The third-order valence-electron chi connectivity index (χ3n) is 5.02. The summed E-state index contributed by atoms with van der Waals surface area (Å²) in [6.45, 7) is 2.85. The maximum Gasteiger partial charge on any atom is 0.203 e. The van der Waals surface area contributed by atoms with Crippen molar-refractivity contribution in [2.24, 2.45) is 4.99 Å². The summed E-state index contributed by atoms with van der Waals surface area (Å²) < 4.78 is 3.90. The van der Waals surface area contributed by atoms with Crippen molar-refractivity contribution in [3.63, 3.8) is 0 Å². The van der Waals surface area contributed by atoms with Gasteiger partial charge >= 0.3 is 0 Å². The van der Waals surface area contributed by atoms with E-state index in [0.717, 1.165) is 55.4 Å². The molecule has 1 unspecified atom stereocenters. The summed E-state index contributed by atoms with van der Waals surface area (Å²) in [6.07, 6.45) is 8.14. The Morgan fingerprint density at radius 1 is 1.28 bits per heavy atom. The Labute approximate surface area is 191 Å². The van der Waals surface area contributed by atoms with E-state index in [1.807, 2.05) is 12.1 Å². The van der Waals surface area contributed by atoms with Gasteiger partial charge in [0, 0.05) is 17.1 Å². The molecule has 0 fully saturated rings. The lowest BCUT2D eigenvalue weighted by Gasteiger charge is -2.20. The van der Waals surface area contributed by atoms with Gasteiger partial charge < -0.3 is 4.57 Å². The van der Waals surface area contributed by atoms with Crippen molar-refractivity contribution in [3.05, 3.63) is 61.8 Å². The summed E-state index contributed by atoms with van der Waals surface area (Å²) in [5.41, 5.74) is 2.70. The Morgan fingerprint density at radius 3 is 2.72 bits per heavy atom. The number of aryl methyl sites for hydroxylation is 1. The monoisotopic (exact) mass is 560 g/mol. The van der Waals surface area contributed by atoms with Crippen LogP contribution in [0, 0.1) is 11.3 Å². The Hall–Kier alpha value is -2.12. The molecular formula is C21H18BrIN6. The molecule has 1 aliphatic heterocycles. The topological polar surface area (TPSA) is 79.8 Å². The first-order valence-electron chi connectivity index (χ1n) is 9.36. The molecule has 1 aromatic carbocycles. The van der Waals surface area contributed by atoms with Gasteiger partial charge in [0.2, 0.25) is 5.54 Å². The average Bonchev–Trinajstić information content (AvgIpc) is 3.25. The number of imidazole rings is 1. The largest absolute Gasteiger partial charge is 0.308 e. The van der Waals surface area contributed by atoms with Gasteiger partial charge in [0.25, 0.3) is 0 Å². The highest BCUT2D eigenvalue weighted by molar-refractivity contribution is 14.1. The van der Waals surface area contributed by atoms with Crippen molar-refractivity contribution < 1.29 is 0 Å². The van der Waals surface area contributed by atoms with Gasteiger partial charge in [-0.05, 0) is 56.1 Å². The molecule has 4 rings (SSSR count). The van der Waals surface area contributed by atoms with Gasteiger partial charge in [-0.3, -0.25) is 4.99 Å². The fourth-order valence-electron chi connectivity index (χ4n) is 3.43. The number of unbranched alkanes of at least 4 members (excludes halogenated alkanes) is 1. The second kappa shape index (κ2) is 8.32. The Morgan fingerprint density at radius 2 is 2.07 bits per heavy atom. The van der Waals surface area contributed by atoms with E-state index in [1.165, 1.54) is 0 Å². The van der Waals surface area contributed by atoms with Crippen LogP contribution < -0.4 is 0 Å². The number of aromatic nitrogens is 4. The lowest BCUT2D eigenvalue weighted by atomic mass is 9.92. The van der Waals surface area contributed by atoms with Crippen molar-refractivity contribution in [2.75, 3.05) is 0 Å². The third-order valence-corrected chi connectivity index (χ3v) is 7.72. The van der Waals surface area contributed by atoms with Crippen LogP contribution in [0.2, 0.25) is 0 Å². The SMILES string of the molecule is CCCCc1nc2cncnc2n1Cc1ccc(C2(C#N)N=CC(Br)=C2I)cc1. The van der Waals surface area contributed by atoms with Crippen LogP contribution in [0.1, 0.15) is 36.7 Å². The van der Waals surface area contributed by atoms with E-state index in [2.05, 4.69) is 83.2 Å². The number of allylic oxidation sites excluding steroid dienone is 1. The minimum Gasteiger partial charge on any atom is -0.308 e. The maximum atomic E-state index is 9.82. The fraction of sp³-hybridized carbons (Fsp3) is 0.286. The van der Waals surface area contributed by atoms with E-state index in [1.54, 1.807) is 18.7 Å². The Bertz CT molecular complexity index is 1160. The molecule has 0 spiro atoms. The van der Waals surface area contributed by atoms with Crippen LogP contribution in [0.5, 0.6) is 0 Å². The Kier molecular flexibility index (Phi) is 5.79. The van der Waals surface area contributed by atoms with E-state index in [9.17, 15) is 5.26 Å². The van der Waals surface area contributed by atoms with Crippen molar-refractivity contribution in [1.29, 1.82) is 5.26 Å². The number of halogens is 2. The summed E-state index contributed by atoms with van der Waals surface area (Å²) in [5.74, 6) is 1.03. The molecule has 0 N–H and O–H groups in total. The number of benzene rings is 1.